The van der Waals surface area contributed by atoms with Gasteiger partial charge in [-0.1, -0.05) is 18.2 Å². The molecule has 1 unspecified atom stereocenters. The third kappa shape index (κ3) is 3.49. The van der Waals surface area contributed by atoms with Gasteiger partial charge in [0.25, 0.3) is 5.91 Å². The standard InChI is InChI=1S/C20H16F3N3O2/c21-20(22,23)15-10-8-14(9-11-15)19(27)26-12-4-7-16(26)18-25-24-17(28-18)13-5-2-1-3-6-13/h1-3,5-6,8-11,16H,4,7,12H2. The average Bonchev–Trinajstić information content (AvgIpc) is 3.37. The van der Waals surface area contributed by atoms with Gasteiger partial charge < -0.3 is 9.32 Å². The third-order valence-electron chi connectivity index (χ3n) is 4.72. The smallest absolute Gasteiger partial charge is 0.416 e. The summed E-state index contributed by atoms with van der Waals surface area (Å²) in [5, 5.41) is 8.14. The van der Waals surface area contributed by atoms with Crippen LogP contribution in [0.4, 0.5) is 13.2 Å². The summed E-state index contributed by atoms with van der Waals surface area (Å²) in [5.74, 6) is 0.344. The highest BCUT2D eigenvalue weighted by molar-refractivity contribution is 5.94. The zero-order valence-electron chi connectivity index (χ0n) is 14.7. The van der Waals surface area contributed by atoms with E-state index in [1.54, 1.807) is 4.90 Å². The van der Waals surface area contributed by atoms with Gasteiger partial charge in [-0.3, -0.25) is 4.79 Å². The van der Waals surface area contributed by atoms with Crippen LogP contribution in [0.2, 0.25) is 0 Å². The van der Waals surface area contributed by atoms with Gasteiger partial charge in [0.15, 0.2) is 0 Å². The van der Waals surface area contributed by atoms with Crippen molar-refractivity contribution in [1.82, 2.24) is 15.1 Å². The molecule has 8 heteroatoms. The lowest BCUT2D eigenvalue weighted by Gasteiger charge is -2.22. The van der Waals surface area contributed by atoms with Crippen LogP contribution in [0.5, 0.6) is 0 Å². The topological polar surface area (TPSA) is 59.2 Å². The van der Waals surface area contributed by atoms with Crippen LogP contribution in [-0.2, 0) is 6.18 Å². The zero-order valence-corrected chi connectivity index (χ0v) is 14.7. The van der Waals surface area contributed by atoms with Gasteiger partial charge >= 0.3 is 6.18 Å². The summed E-state index contributed by atoms with van der Waals surface area (Å²) in [7, 11) is 0. The van der Waals surface area contributed by atoms with Gasteiger partial charge in [-0.05, 0) is 49.2 Å². The second-order valence-electron chi connectivity index (χ2n) is 6.54. The van der Waals surface area contributed by atoms with Crippen LogP contribution in [0.3, 0.4) is 0 Å². The number of alkyl halides is 3. The van der Waals surface area contributed by atoms with Gasteiger partial charge in [0, 0.05) is 17.7 Å². The minimum Gasteiger partial charge on any atom is -0.418 e. The van der Waals surface area contributed by atoms with Crippen molar-refractivity contribution in [1.29, 1.82) is 0 Å². The summed E-state index contributed by atoms with van der Waals surface area (Å²) in [5.41, 5.74) is 0.189. The lowest BCUT2D eigenvalue weighted by atomic mass is 10.1. The van der Waals surface area contributed by atoms with E-state index < -0.39 is 11.7 Å². The zero-order chi connectivity index (χ0) is 19.7. The molecule has 0 bridgehead atoms. The Hall–Kier alpha value is -3.16. The second kappa shape index (κ2) is 7.10. The molecule has 2 heterocycles. The minimum absolute atomic E-state index is 0.197. The van der Waals surface area contributed by atoms with Gasteiger partial charge in [0.1, 0.15) is 6.04 Å². The predicted octanol–water partition coefficient (Wildman–Crippen LogP) is 4.73. The Bertz CT molecular complexity index is 968. The van der Waals surface area contributed by atoms with Crippen molar-refractivity contribution in [2.45, 2.75) is 25.1 Å². The van der Waals surface area contributed by atoms with Gasteiger partial charge in [0.05, 0.1) is 5.56 Å². The lowest BCUT2D eigenvalue weighted by molar-refractivity contribution is -0.137. The molecule has 2 aromatic carbocycles. The SMILES string of the molecule is O=C(c1ccc(C(F)(F)F)cc1)N1CCCC1c1nnc(-c2ccccc2)o1. The van der Waals surface area contributed by atoms with Crippen LogP contribution >= 0.6 is 0 Å². The first-order chi connectivity index (χ1) is 13.4. The molecule has 0 spiro atoms. The van der Waals surface area contributed by atoms with Crippen LogP contribution in [0.15, 0.2) is 59.0 Å². The lowest BCUT2D eigenvalue weighted by Crippen LogP contribution is -2.30. The van der Waals surface area contributed by atoms with E-state index in [2.05, 4.69) is 10.2 Å². The number of aromatic nitrogens is 2. The molecular formula is C20H16F3N3O2. The molecular weight excluding hydrogens is 371 g/mol. The van der Waals surface area contributed by atoms with Crippen LogP contribution in [0.1, 0.15) is 40.7 Å². The number of likely N-dealkylation sites (tertiary alicyclic amines) is 1. The van der Waals surface area contributed by atoms with Crippen molar-refractivity contribution in [3.63, 3.8) is 0 Å². The molecule has 5 nitrogen and oxygen atoms in total. The van der Waals surface area contributed by atoms with Gasteiger partial charge in [-0.15, -0.1) is 10.2 Å². The van der Waals surface area contributed by atoms with Crippen LogP contribution in [-0.4, -0.2) is 27.5 Å². The molecule has 1 fully saturated rings. The largest absolute Gasteiger partial charge is 0.418 e. The van der Waals surface area contributed by atoms with Crippen molar-refractivity contribution < 1.29 is 22.4 Å². The molecule has 4 rings (SSSR count). The summed E-state index contributed by atoms with van der Waals surface area (Å²) >= 11 is 0. The Kier molecular flexibility index (Phi) is 4.62. The van der Waals surface area contributed by atoms with Crippen molar-refractivity contribution in [3.05, 3.63) is 71.6 Å². The molecule has 1 atom stereocenters. The first-order valence-electron chi connectivity index (χ1n) is 8.80. The molecule has 1 aromatic heterocycles. The number of nitrogens with zero attached hydrogens (tertiary/aromatic N) is 3. The van der Waals surface area contributed by atoms with E-state index in [4.69, 9.17) is 4.42 Å². The Morgan fingerprint density at radius 2 is 1.75 bits per heavy atom. The molecule has 3 aromatic rings. The Morgan fingerprint density at radius 1 is 1.04 bits per heavy atom. The summed E-state index contributed by atoms with van der Waals surface area (Å²) in [6.45, 7) is 0.480. The minimum atomic E-state index is -4.44. The summed E-state index contributed by atoms with van der Waals surface area (Å²) < 4.78 is 43.9. The second-order valence-corrected chi connectivity index (χ2v) is 6.54. The number of rotatable bonds is 3. The molecule has 1 amide bonds. The molecule has 1 aliphatic rings. The highest BCUT2D eigenvalue weighted by atomic mass is 19.4. The maximum Gasteiger partial charge on any atom is 0.416 e. The molecule has 144 valence electrons. The number of halogens is 3. The monoisotopic (exact) mass is 387 g/mol. The molecule has 0 radical (unpaired) electrons. The van der Waals surface area contributed by atoms with Gasteiger partial charge in [-0.2, -0.15) is 13.2 Å². The fourth-order valence-electron chi connectivity index (χ4n) is 3.30. The molecule has 0 aliphatic carbocycles. The van der Waals surface area contributed by atoms with Crippen molar-refractivity contribution in [2.24, 2.45) is 0 Å². The fraction of sp³-hybridized carbons (Fsp3) is 0.250. The van der Waals surface area contributed by atoms with Crippen molar-refractivity contribution in [2.75, 3.05) is 6.54 Å². The third-order valence-corrected chi connectivity index (χ3v) is 4.72. The van der Waals surface area contributed by atoms with E-state index in [1.807, 2.05) is 30.3 Å². The first-order valence-corrected chi connectivity index (χ1v) is 8.80. The average molecular weight is 387 g/mol. The first kappa shape index (κ1) is 18.2. The Morgan fingerprint density at radius 3 is 2.43 bits per heavy atom. The van der Waals surface area contributed by atoms with E-state index in [9.17, 15) is 18.0 Å². The Balaban J connectivity index is 1.55. The predicted molar refractivity (Wildman–Crippen MR) is 94.2 cm³/mol. The Labute approximate surface area is 158 Å². The summed E-state index contributed by atoms with van der Waals surface area (Å²) in [6, 6.07) is 13.1. The number of hydrogen-bond acceptors (Lipinski definition) is 4. The molecule has 1 aliphatic heterocycles. The van der Waals surface area contributed by atoms with E-state index in [0.717, 1.165) is 24.1 Å². The normalized spacial score (nSPS) is 17.1. The number of hydrogen-bond donors (Lipinski definition) is 0. The van der Waals surface area contributed by atoms with E-state index in [-0.39, 0.29) is 17.5 Å². The van der Waals surface area contributed by atoms with Crippen molar-refractivity contribution in [3.8, 4) is 11.5 Å². The molecule has 0 N–H and O–H groups in total. The number of carbonyl (C=O) groups excluding carboxylic acids is 1. The maximum atomic E-state index is 12.8. The van der Waals surface area contributed by atoms with E-state index in [1.165, 1.54) is 12.1 Å². The highest BCUT2D eigenvalue weighted by Gasteiger charge is 2.35. The number of benzene rings is 2. The molecule has 0 saturated carbocycles. The van der Waals surface area contributed by atoms with Crippen LogP contribution < -0.4 is 0 Å². The number of amides is 1. The fourth-order valence-corrected chi connectivity index (χ4v) is 3.30. The molecule has 28 heavy (non-hydrogen) atoms. The molecule has 1 saturated heterocycles. The van der Waals surface area contributed by atoms with Crippen LogP contribution in [0.25, 0.3) is 11.5 Å². The highest BCUT2D eigenvalue weighted by Crippen LogP contribution is 2.34. The van der Waals surface area contributed by atoms with E-state index >= 15 is 0 Å². The van der Waals surface area contributed by atoms with Crippen molar-refractivity contribution >= 4 is 5.91 Å². The quantitative estimate of drug-likeness (QED) is 0.652. The number of carbonyl (C=O) groups is 1. The summed E-state index contributed by atoms with van der Waals surface area (Å²) in [4.78, 5) is 14.4. The van der Waals surface area contributed by atoms with Crippen LogP contribution in [0, 0.1) is 0 Å². The summed E-state index contributed by atoms with van der Waals surface area (Å²) in [6.07, 6.45) is -3.03. The van der Waals surface area contributed by atoms with Gasteiger partial charge in [0.2, 0.25) is 11.8 Å². The van der Waals surface area contributed by atoms with Gasteiger partial charge in [-0.25, -0.2) is 0 Å². The maximum absolute atomic E-state index is 12.8. The van der Waals surface area contributed by atoms with E-state index in [0.29, 0.717) is 24.7 Å².